The molecule has 2 aromatic rings. The van der Waals surface area contributed by atoms with Gasteiger partial charge in [-0.15, -0.1) is 0 Å². The van der Waals surface area contributed by atoms with E-state index in [9.17, 15) is 13.2 Å². The largest absolute Gasteiger partial charge is 0.467 e. The highest BCUT2D eigenvalue weighted by atomic mass is 32.2. The van der Waals surface area contributed by atoms with Gasteiger partial charge in [-0.25, -0.2) is 8.42 Å². The summed E-state index contributed by atoms with van der Waals surface area (Å²) in [5, 5.41) is 2.70. The van der Waals surface area contributed by atoms with Crippen LogP contribution in [0.1, 0.15) is 30.7 Å². The molecule has 0 aliphatic heterocycles. The molecule has 0 aliphatic rings. The lowest BCUT2D eigenvalue weighted by molar-refractivity contribution is -0.123. The second kappa shape index (κ2) is 7.84. The number of furan rings is 1. The van der Waals surface area contributed by atoms with Crippen molar-refractivity contribution in [2.24, 2.45) is 5.92 Å². The Balaban J connectivity index is 2.13. The van der Waals surface area contributed by atoms with Gasteiger partial charge in [-0.1, -0.05) is 19.9 Å². The zero-order valence-corrected chi connectivity index (χ0v) is 15.7. The van der Waals surface area contributed by atoms with Gasteiger partial charge in [-0.3, -0.25) is 4.79 Å². The highest BCUT2D eigenvalue weighted by molar-refractivity contribution is 7.89. The monoisotopic (exact) mass is 364 g/mol. The summed E-state index contributed by atoms with van der Waals surface area (Å²) in [6.45, 7) is 7.56. The van der Waals surface area contributed by atoms with Crippen LogP contribution in [-0.4, -0.2) is 20.4 Å². The Bertz CT molecular complexity index is 827. The Labute approximate surface area is 148 Å². The van der Waals surface area contributed by atoms with E-state index in [-0.39, 0.29) is 23.3 Å². The first-order valence-electron chi connectivity index (χ1n) is 8.10. The standard InChI is InChI=1S/C18H24N2O4S/c1-12(2)17(18(21)19-11-15-6-5-9-24-15)20-25(22,23)16-8-7-13(3)14(4)10-16/h5-10,12,17,20H,11H2,1-4H3,(H,19,21)/t17-/m0/s1. The maximum absolute atomic E-state index is 12.6. The quantitative estimate of drug-likeness (QED) is 0.790. The van der Waals surface area contributed by atoms with Gasteiger partial charge in [-0.05, 0) is 55.2 Å². The second-order valence-electron chi connectivity index (χ2n) is 6.39. The summed E-state index contributed by atoms with van der Waals surface area (Å²) < 4.78 is 33.0. The van der Waals surface area contributed by atoms with Gasteiger partial charge in [0.25, 0.3) is 0 Å². The predicted molar refractivity (Wildman–Crippen MR) is 95.4 cm³/mol. The van der Waals surface area contributed by atoms with Crippen LogP contribution in [0, 0.1) is 19.8 Å². The number of carbonyl (C=O) groups is 1. The van der Waals surface area contributed by atoms with E-state index in [0.717, 1.165) is 11.1 Å². The number of hydrogen-bond donors (Lipinski definition) is 2. The summed E-state index contributed by atoms with van der Waals surface area (Å²) in [5.41, 5.74) is 1.89. The molecule has 0 bridgehead atoms. The Morgan fingerprint density at radius 2 is 1.88 bits per heavy atom. The molecule has 0 aliphatic carbocycles. The molecule has 2 N–H and O–H groups in total. The van der Waals surface area contributed by atoms with E-state index in [2.05, 4.69) is 10.0 Å². The van der Waals surface area contributed by atoms with Crippen LogP contribution in [-0.2, 0) is 21.4 Å². The predicted octanol–water partition coefficient (Wildman–Crippen LogP) is 2.52. The smallest absolute Gasteiger partial charge is 0.241 e. The molecular weight excluding hydrogens is 340 g/mol. The van der Waals surface area contributed by atoms with Crippen molar-refractivity contribution in [2.45, 2.75) is 45.2 Å². The number of sulfonamides is 1. The van der Waals surface area contributed by atoms with E-state index in [0.29, 0.717) is 5.76 Å². The van der Waals surface area contributed by atoms with E-state index in [1.54, 1.807) is 44.2 Å². The van der Waals surface area contributed by atoms with Crippen LogP contribution >= 0.6 is 0 Å². The second-order valence-corrected chi connectivity index (χ2v) is 8.10. The Hall–Kier alpha value is -2.12. The van der Waals surface area contributed by atoms with Crippen LogP contribution in [0.15, 0.2) is 45.9 Å². The first-order chi connectivity index (χ1) is 11.7. The van der Waals surface area contributed by atoms with Crippen molar-refractivity contribution in [2.75, 3.05) is 0 Å². The number of amides is 1. The normalized spacial score (nSPS) is 13.0. The molecule has 136 valence electrons. The Kier molecular flexibility index (Phi) is 6.02. The fourth-order valence-electron chi connectivity index (χ4n) is 2.31. The number of rotatable bonds is 7. The van der Waals surface area contributed by atoms with E-state index in [1.807, 2.05) is 13.8 Å². The van der Waals surface area contributed by atoms with Crippen molar-refractivity contribution >= 4 is 15.9 Å². The van der Waals surface area contributed by atoms with Crippen molar-refractivity contribution in [3.63, 3.8) is 0 Å². The molecule has 0 saturated carbocycles. The summed E-state index contributed by atoms with van der Waals surface area (Å²) in [4.78, 5) is 12.6. The highest BCUT2D eigenvalue weighted by Crippen LogP contribution is 2.16. The van der Waals surface area contributed by atoms with Crippen molar-refractivity contribution in [1.82, 2.24) is 10.0 Å². The summed E-state index contributed by atoms with van der Waals surface area (Å²) in [7, 11) is -3.80. The van der Waals surface area contributed by atoms with E-state index < -0.39 is 16.1 Å². The zero-order chi connectivity index (χ0) is 18.6. The minimum absolute atomic E-state index is 0.153. The summed E-state index contributed by atoms with van der Waals surface area (Å²) in [5.74, 6) is 0.00426. The minimum Gasteiger partial charge on any atom is -0.467 e. The van der Waals surface area contributed by atoms with Crippen molar-refractivity contribution in [1.29, 1.82) is 0 Å². The molecule has 6 nitrogen and oxygen atoms in total. The molecule has 7 heteroatoms. The number of carbonyl (C=O) groups excluding carboxylic acids is 1. The first kappa shape index (κ1) is 19.2. The molecule has 25 heavy (non-hydrogen) atoms. The number of aryl methyl sites for hydroxylation is 2. The molecule has 2 rings (SSSR count). The summed E-state index contributed by atoms with van der Waals surface area (Å²) in [6, 6.07) is 7.50. The third kappa shape index (κ3) is 4.93. The summed E-state index contributed by atoms with van der Waals surface area (Å²) >= 11 is 0. The average Bonchev–Trinajstić information content (AvgIpc) is 3.06. The molecule has 0 radical (unpaired) electrons. The molecule has 0 spiro atoms. The average molecular weight is 364 g/mol. The lowest BCUT2D eigenvalue weighted by Gasteiger charge is -2.21. The van der Waals surface area contributed by atoms with E-state index in [4.69, 9.17) is 4.42 Å². The Morgan fingerprint density at radius 3 is 2.44 bits per heavy atom. The molecule has 1 heterocycles. The number of nitrogens with one attached hydrogen (secondary N) is 2. The fourth-order valence-corrected chi connectivity index (χ4v) is 3.73. The topological polar surface area (TPSA) is 88.4 Å². The molecule has 1 aromatic heterocycles. The molecule has 1 amide bonds. The van der Waals surface area contributed by atoms with Crippen LogP contribution in [0.5, 0.6) is 0 Å². The third-order valence-electron chi connectivity index (χ3n) is 4.04. The van der Waals surface area contributed by atoms with Crippen molar-refractivity contribution in [3.8, 4) is 0 Å². The van der Waals surface area contributed by atoms with Crippen LogP contribution in [0.4, 0.5) is 0 Å². The van der Waals surface area contributed by atoms with Gasteiger partial charge in [-0.2, -0.15) is 4.72 Å². The maximum atomic E-state index is 12.6. The minimum atomic E-state index is -3.80. The molecule has 0 unspecified atom stereocenters. The molecule has 1 aromatic carbocycles. The van der Waals surface area contributed by atoms with Gasteiger partial charge in [0, 0.05) is 0 Å². The fraction of sp³-hybridized carbons (Fsp3) is 0.389. The van der Waals surface area contributed by atoms with Crippen LogP contribution < -0.4 is 10.0 Å². The van der Waals surface area contributed by atoms with Crippen LogP contribution in [0.25, 0.3) is 0 Å². The molecule has 0 saturated heterocycles. The molecular formula is C18H24N2O4S. The lowest BCUT2D eigenvalue weighted by atomic mass is 10.1. The third-order valence-corrected chi connectivity index (χ3v) is 5.48. The number of benzene rings is 1. The molecule has 1 atom stereocenters. The van der Waals surface area contributed by atoms with Gasteiger partial charge in [0.15, 0.2) is 0 Å². The van der Waals surface area contributed by atoms with Gasteiger partial charge in [0.1, 0.15) is 11.8 Å². The van der Waals surface area contributed by atoms with Gasteiger partial charge in [0.05, 0.1) is 17.7 Å². The van der Waals surface area contributed by atoms with E-state index >= 15 is 0 Å². The van der Waals surface area contributed by atoms with Crippen molar-refractivity contribution < 1.29 is 17.6 Å². The van der Waals surface area contributed by atoms with Crippen LogP contribution in [0.3, 0.4) is 0 Å². The van der Waals surface area contributed by atoms with Crippen LogP contribution in [0.2, 0.25) is 0 Å². The van der Waals surface area contributed by atoms with Crippen molar-refractivity contribution in [3.05, 3.63) is 53.5 Å². The summed E-state index contributed by atoms with van der Waals surface area (Å²) in [6.07, 6.45) is 1.52. The first-order valence-corrected chi connectivity index (χ1v) is 9.58. The zero-order valence-electron chi connectivity index (χ0n) is 14.9. The van der Waals surface area contributed by atoms with Gasteiger partial charge >= 0.3 is 0 Å². The SMILES string of the molecule is Cc1ccc(S(=O)(=O)N[C@H](C(=O)NCc2ccco2)C(C)C)cc1C. The van der Waals surface area contributed by atoms with Gasteiger partial charge < -0.3 is 9.73 Å². The molecule has 0 fully saturated rings. The highest BCUT2D eigenvalue weighted by Gasteiger charge is 2.28. The van der Waals surface area contributed by atoms with Gasteiger partial charge in [0.2, 0.25) is 15.9 Å². The lowest BCUT2D eigenvalue weighted by Crippen LogP contribution is -2.49. The van der Waals surface area contributed by atoms with E-state index in [1.165, 1.54) is 6.26 Å². The Morgan fingerprint density at radius 1 is 1.16 bits per heavy atom. The number of hydrogen-bond acceptors (Lipinski definition) is 4. The maximum Gasteiger partial charge on any atom is 0.241 e.